The van der Waals surface area contributed by atoms with E-state index in [9.17, 15) is 4.79 Å². The first-order valence-corrected chi connectivity index (χ1v) is 7.43. The molecule has 5 heteroatoms. The second kappa shape index (κ2) is 5.58. The Morgan fingerprint density at radius 2 is 2.20 bits per heavy atom. The molecule has 1 amide bonds. The molecule has 0 aliphatic carbocycles. The third-order valence-corrected chi connectivity index (χ3v) is 4.10. The van der Waals surface area contributed by atoms with Gasteiger partial charge in [0.1, 0.15) is 11.3 Å². The maximum Gasteiger partial charge on any atom is 0.245 e. The molecule has 0 bridgehead atoms. The Kier molecular flexibility index (Phi) is 4.20. The van der Waals surface area contributed by atoms with E-state index >= 15 is 0 Å². The van der Waals surface area contributed by atoms with Crippen LogP contribution in [0.1, 0.15) is 33.0 Å². The molecule has 2 unspecified atom stereocenters. The van der Waals surface area contributed by atoms with Crippen LogP contribution in [-0.4, -0.2) is 11.9 Å². The van der Waals surface area contributed by atoms with Gasteiger partial charge in [-0.2, -0.15) is 0 Å². The van der Waals surface area contributed by atoms with E-state index in [0.717, 1.165) is 21.9 Å². The molecule has 0 spiro atoms. The molecule has 0 saturated carbocycles. The van der Waals surface area contributed by atoms with Crippen LogP contribution in [0, 0.1) is 0 Å². The van der Waals surface area contributed by atoms with Crippen molar-refractivity contribution in [2.75, 3.05) is 0 Å². The van der Waals surface area contributed by atoms with Gasteiger partial charge in [0.25, 0.3) is 0 Å². The highest BCUT2D eigenvalue weighted by atomic mass is 79.9. The summed E-state index contributed by atoms with van der Waals surface area (Å²) in [4.78, 5) is 11.9. The van der Waals surface area contributed by atoms with Crippen LogP contribution in [0.4, 0.5) is 0 Å². The van der Waals surface area contributed by atoms with Gasteiger partial charge in [-0.05, 0) is 44.5 Å². The molecule has 1 aromatic heterocycles. The summed E-state index contributed by atoms with van der Waals surface area (Å²) in [6, 6.07) is 7.74. The molecule has 2 aromatic rings. The molecule has 2 rings (SSSR count). The zero-order valence-corrected chi connectivity index (χ0v) is 13.5. The molecular weight excluding hydrogens is 320 g/mol. The van der Waals surface area contributed by atoms with Crippen molar-refractivity contribution in [2.45, 2.75) is 38.8 Å². The normalized spacial score (nSPS) is 16.0. The summed E-state index contributed by atoms with van der Waals surface area (Å²) >= 11 is 3.42. The number of hydrogen-bond donors (Lipinski definition) is 2. The topological polar surface area (TPSA) is 68.3 Å². The monoisotopic (exact) mass is 338 g/mol. The van der Waals surface area contributed by atoms with Crippen LogP contribution in [0.3, 0.4) is 0 Å². The largest absolute Gasteiger partial charge is 0.459 e. The first kappa shape index (κ1) is 15.1. The number of nitrogens with two attached hydrogens (primary N) is 1. The highest BCUT2D eigenvalue weighted by molar-refractivity contribution is 9.10. The van der Waals surface area contributed by atoms with Gasteiger partial charge >= 0.3 is 0 Å². The molecule has 2 atom stereocenters. The van der Waals surface area contributed by atoms with Gasteiger partial charge in [-0.15, -0.1) is 0 Å². The number of fused-ring (bicyclic) bond motifs is 1. The molecule has 20 heavy (non-hydrogen) atoms. The van der Waals surface area contributed by atoms with E-state index in [4.69, 9.17) is 10.2 Å². The van der Waals surface area contributed by atoms with Gasteiger partial charge < -0.3 is 10.2 Å². The molecule has 108 valence electrons. The summed E-state index contributed by atoms with van der Waals surface area (Å²) in [7, 11) is 0. The van der Waals surface area contributed by atoms with Crippen LogP contribution in [0.25, 0.3) is 11.0 Å². The third kappa shape index (κ3) is 2.74. The van der Waals surface area contributed by atoms with Crippen molar-refractivity contribution in [3.8, 4) is 0 Å². The number of amides is 1. The molecule has 0 aliphatic heterocycles. The molecule has 1 aromatic carbocycles. The van der Waals surface area contributed by atoms with E-state index in [-0.39, 0.29) is 6.04 Å². The van der Waals surface area contributed by atoms with Crippen molar-refractivity contribution in [3.63, 3.8) is 0 Å². The van der Waals surface area contributed by atoms with E-state index in [1.165, 1.54) is 0 Å². The molecule has 1 heterocycles. The number of hydrogen-bond acceptors (Lipinski definition) is 3. The number of benzene rings is 1. The van der Waals surface area contributed by atoms with Gasteiger partial charge in [-0.3, -0.25) is 10.1 Å². The van der Waals surface area contributed by atoms with Crippen molar-refractivity contribution in [1.82, 2.24) is 5.32 Å². The maximum atomic E-state index is 11.9. The lowest BCUT2D eigenvalue weighted by molar-refractivity contribution is -0.125. The molecule has 4 nitrogen and oxygen atoms in total. The van der Waals surface area contributed by atoms with E-state index in [2.05, 4.69) is 28.2 Å². The number of carbonyl (C=O) groups is 1. The molecular formula is C15H19BrN2O2. The highest BCUT2D eigenvalue weighted by Gasteiger charge is 2.37. The number of furan rings is 1. The lowest BCUT2D eigenvalue weighted by Crippen LogP contribution is -2.53. The zero-order valence-electron chi connectivity index (χ0n) is 11.9. The Morgan fingerprint density at radius 3 is 2.80 bits per heavy atom. The fraction of sp³-hybridized carbons (Fsp3) is 0.400. The smallest absolute Gasteiger partial charge is 0.245 e. The Balaban J connectivity index is 2.48. The summed E-state index contributed by atoms with van der Waals surface area (Å²) in [6.07, 6.45) is 0.897. The van der Waals surface area contributed by atoms with Gasteiger partial charge in [0, 0.05) is 15.9 Å². The second-order valence-corrected chi connectivity index (χ2v) is 6.15. The molecule has 3 N–H and O–H groups in total. The Bertz CT molecular complexity index is 638. The van der Waals surface area contributed by atoms with Gasteiger partial charge in [-0.1, -0.05) is 22.9 Å². The van der Waals surface area contributed by atoms with Gasteiger partial charge in [-0.25, -0.2) is 0 Å². The molecule has 0 radical (unpaired) electrons. The molecule has 0 aliphatic rings. The molecule has 0 fully saturated rings. The summed E-state index contributed by atoms with van der Waals surface area (Å²) < 4.78 is 6.78. The third-order valence-electron chi connectivity index (χ3n) is 3.61. The summed E-state index contributed by atoms with van der Waals surface area (Å²) in [6.45, 7) is 5.82. The number of nitrogens with one attached hydrogen (secondary N) is 1. The lowest BCUT2D eigenvalue weighted by Gasteiger charge is -2.28. The average Bonchev–Trinajstić information content (AvgIpc) is 2.81. The first-order chi connectivity index (χ1) is 9.36. The zero-order chi connectivity index (χ0) is 14.9. The number of rotatable bonds is 5. The van der Waals surface area contributed by atoms with Gasteiger partial charge in [0.2, 0.25) is 5.91 Å². The van der Waals surface area contributed by atoms with Gasteiger partial charge in [0.15, 0.2) is 5.54 Å². The van der Waals surface area contributed by atoms with Crippen LogP contribution in [0.5, 0.6) is 0 Å². The maximum absolute atomic E-state index is 11.9. The van der Waals surface area contributed by atoms with Gasteiger partial charge in [0.05, 0.1) is 0 Å². The lowest BCUT2D eigenvalue weighted by atomic mass is 9.96. The number of halogens is 1. The predicted molar refractivity (Wildman–Crippen MR) is 83.3 cm³/mol. The Morgan fingerprint density at radius 1 is 1.50 bits per heavy atom. The minimum atomic E-state index is -1.01. The van der Waals surface area contributed by atoms with Crippen molar-refractivity contribution >= 4 is 32.8 Å². The minimum Gasteiger partial charge on any atom is -0.459 e. The van der Waals surface area contributed by atoms with E-state index in [0.29, 0.717) is 5.76 Å². The summed E-state index contributed by atoms with van der Waals surface area (Å²) in [5, 5.41) is 4.19. The average molecular weight is 339 g/mol. The van der Waals surface area contributed by atoms with Crippen LogP contribution in [-0.2, 0) is 10.3 Å². The van der Waals surface area contributed by atoms with Crippen molar-refractivity contribution in [1.29, 1.82) is 0 Å². The van der Waals surface area contributed by atoms with E-state index in [1.54, 1.807) is 6.92 Å². The fourth-order valence-corrected chi connectivity index (χ4v) is 2.50. The number of carbonyl (C=O) groups excluding carboxylic acids is 1. The van der Waals surface area contributed by atoms with Crippen LogP contribution >= 0.6 is 15.9 Å². The van der Waals surface area contributed by atoms with Crippen LogP contribution in [0.2, 0.25) is 0 Å². The fourth-order valence-electron chi connectivity index (χ4n) is 2.12. The molecule has 0 saturated heterocycles. The van der Waals surface area contributed by atoms with E-state index in [1.807, 2.05) is 31.2 Å². The van der Waals surface area contributed by atoms with Crippen LogP contribution < -0.4 is 11.1 Å². The summed E-state index contributed by atoms with van der Waals surface area (Å²) in [5.74, 6) is 0.0920. The quantitative estimate of drug-likeness (QED) is 0.878. The Labute approximate surface area is 126 Å². The minimum absolute atomic E-state index is 0.160. The number of primary amides is 1. The standard InChI is InChI=1S/C15H19BrN2O2/c1-4-9(2)18-15(3,14(17)19)13-8-10-7-11(16)5-6-12(10)20-13/h5-9,18H,4H2,1-3H3,(H2,17,19). The first-order valence-electron chi connectivity index (χ1n) is 6.64. The van der Waals surface area contributed by atoms with Crippen molar-refractivity contribution in [2.24, 2.45) is 5.73 Å². The van der Waals surface area contributed by atoms with E-state index < -0.39 is 11.4 Å². The Hall–Kier alpha value is -1.33. The second-order valence-electron chi connectivity index (χ2n) is 5.24. The highest BCUT2D eigenvalue weighted by Crippen LogP contribution is 2.30. The predicted octanol–water partition coefficient (Wildman–Crippen LogP) is 3.28. The van der Waals surface area contributed by atoms with Crippen molar-refractivity contribution in [3.05, 3.63) is 34.5 Å². The SMILES string of the molecule is CCC(C)NC(C)(C(N)=O)c1cc2cc(Br)ccc2o1. The van der Waals surface area contributed by atoms with Crippen LogP contribution in [0.15, 0.2) is 33.2 Å². The summed E-state index contributed by atoms with van der Waals surface area (Å²) in [5.41, 5.74) is 5.31. The van der Waals surface area contributed by atoms with Crippen molar-refractivity contribution < 1.29 is 9.21 Å².